The topological polar surface area (TPSA) is 61.0 Å². The second-order valence-corrected chi connectivity index (χ2v) is 4.36. The fraction of sp³-hybridized carbons (Fsp3) is 0.556. The number of nitrogens with zero attached hydrogens (tertiary/aromatic N) is 2. The van der Waals surface area contributed by atoms with Gasteiger partial charge in [-0.2, -0.15) is 0 Å². The highest BCUT2D eigenvalue weighted by atomic mass is 32.2. The number of hydrogen-bond donors (Lipinski definition) is 1. The molecule has 0 aliphatic rings. The summed E-state index contributed by atoms with van der Waals surface area (Å²) in [5, 5.41) is 1.31. The molecule has 0 amide bonds. The number of thioether (sulfide) groups is 1. The van der Waals surface area contributed by atoms with Gasteiger partial charge >= 0.3 is 0 Å². The van der Waals surface area contributed by atoms with Crippen molar-refractivity contribution in [3.8, 4) is 5.75 Å². The van der Waals surface area contributed by atoms with Crippen molar-refractivity contribution in [2.45, 2.75) is 30.5 Å². The Balaban J connectivity index is 2.90. The van der Waals surface area contributed by atoms with Crippen molar-refractivity contribution in [3.63, 3.8) is 0 Å². The predicted octanol–water partition coefficient (Wildman–Crippen LogP) is 1.96. The van der Waals surface area contributed by atoms with Crippen LogP contribution in [0.1, 0.15) is 20.3 Å². The zero-order valence-corrected chi connectivity index (χ0v) is 9.47. The first kappa shape index (κ1) is 11.1. The number of nitrogens with two attached hydrogens (primary N) is 1. The lowest BCUT2D eigenvalue weighted by molar-refractivity contribution is 0.401. The second-order valence-electron chi connectivity index (χ2n) is 2.93. The SMILES string of the molecule is CCC(C)Sc1ncnc(N)c1OC. The van der Waals surface area contributed by atoms with Gasteiger partial charge in [0.05, 0.1) is 7.11 Å². The maximum absolute atomic E-state index is 5.66. The minimum absolute atomic E-state index is 0.397. The van der Waals surface area contributed by atoms with Crippen LogP contribution in [-0.4, -0.2) is 22.3 Å². The molecule has 1 unspecified atom stereocenters. The largest absolute Gasteiger partial charge is 0.490 e. The second kappa shape index (κ2) is 5.05. The average Bonchev–Trinajstić information content (AvgIpc) is 2.18. The van der Waals surface area contributed by atoms with Crippen molar-refractivity contribution in [3.05, 3.63) is 6.33 Å². The molecule has 1 aromatic rings. The zero-order valence-electron chi connectivity index (χ0n) is 8.65. The monoisotopic (exact) mass is 213 g/mol. The molecule has 0 aromatic carbocycles. The zero-order chi connectivity index (χ0) is 10.6. The molecule has 0 aliphatic heterocycles. The molecule has 2 N–H and O–H groups in total. The molecule has 1 atom stereocenters. The standard InChI is InChI=1S/C9H15N3OS/c1-4-6(2)14-9-7(13-3)8(10)11-5-12-9/h5-6H,4H2,1-3H3,(H2,10,11,12). The van der Waals surface area contributed by atoms with E-state index in [4.69, 9.17) is 10.5 Å². The third-order valence-corrected chi connectivity index (χ3v) is 3.14. The van der Waals surface area contributed by atoms with Crippen molar-refractivity contribution >= 4 is 17.6 Å². The normalized spacial score (nSPS) is 12.5. The summed E-state index contributed by atoms with van der Waals surface area (Å²) in [5.41, 5.74) is 5.66. The summed E-state index contributed by atoms with van der Waals surface area (Å²) in [5.74, 6) is 0.978. The van der Waals surface area contributed by atoms with E-state index in [9.17, 15) is 0 Å². The highest BCUT2D eigenvalue weighted by Gasteiger charge is 2.12. The molecule has 0 saturated heterocycles. The van der Waals surface area contributed by atoms with Crippen LogP contribution in [0.3, 0.4) is 0 Å². The molecule has 0 radical (unpaired) electrons. The van der Waals surface area contributed by atoms with E-state index in [1.807, 2.05) is 0 Å². The molecule has 0 spiro atoms. The minimum Gasteiger partial charge on any atom is -0.490 e. The molecule has 14 heavy (non-hydrogen) atoms. The van der Waals surface area contributed by atoms with Gasteiger partial charge in [0.25, 0.3) is 0 Å². The van der Waals surface area contributed by atoms with E-state index >= 15 is 0 Å². The van der Waals surface area contributed by atoms with Gasteiger partial charge in [-0.05, 0) is 6.42 Å². The lowest BCUT2D eigenvalue weighted by atomic mass is 10.4. The van der Waals surface area contributed by atoms with Gasteiger partial charge < -0.3 is 10.5 Å². The Labute approximate surface area is 88.3 Å². The molecule has 0 fully saturated rings. The van der Waals surface area contributed by atoms with E-state index in [-0.39, 0.29) is 0 Å². The van der Waals surface area contributed by atoms with Gasteiger partial charge in [0.15, 0.2) is 11.6 Å². The van der Waals surface area contributed by atoms with Crippen molar-refractivity contribution in [1.29, 1.82) is 0 Å². The summed E-state index contributed by atoms with van der Waals surface area (Å²) in [4.78, 5) is 8.02. The van der Waals surface area contributed by atoms with Gasteiger partial charge in [-0.15, -0.1) is 0 Å². The summed E-state index contributed by atoms with van der Waals surface area (Å²) in [7, 11) is 1.58. The van der Waals surface area contributed by atoms with E-state index < -0.39 is 0 Å². The van der Waals surface area contributed by atoms with Gasteiger partial charge in [-0.3, -0.25) is 0 Å². The van der Waals surface area contributed by atoms with Gasteiger partial charge in [0.1, 0.15) is 11.4 Å². The Morgan fingerprint density at radius 3 is 2.86 bits per heavy atom. The number of nitrogen functional groups attached to an aromatic ring is 1. The first-order valence-electron chi connectivity index (χ1n) is 4.50. The van der Waals surface area contributed by atoms with Crippen LogP contribution in [0, 0.1) is 0 Å². The molecular formula is C9H15N3OS. The van der Waals surface area contributed by atoms with Crippen LogP contribution in [0.2, 0.25) is 0 Å². The summed E-state index contributed by atoms with van der Waals surface area (Å²) < 4.78 is 5.15. The summed E-state index contributed by atoms with van der Waals surface area (Å²) >= 11 is 1.65. The van der Waals surface area contributed by atoms with Crippen LogP contribution < -0.4 is 10.5 Å². The molecule has 0 aliphatic carbocycles. The fourth-order valence-corrected chi connectivity index (χ4v) is 1.87. The van der Waals surface area contributed by atoms with Crippen molar-refractivity contribution in [1.82, 2.24) is 9.97 Å². The third-order valence-electron chi connectivity index (χ3n) is 1.89. The first-order valence-corrected chi connectivity index (χ1v) is 5.38. The number of rotatable bonds is 4. The van der Waals surface area contributed by atoms with Crippen LogP contribution in [-0.2, 0) is 0 Å². The minimum atomic E-state index is 0.397. The van der Waals surface area contributed by atoms with E-state index in [0.717, 1.165) is 11.4 Å². The van der Waals surface area contributed by atoms with Crippen LogP contribution in [0.15, 0.2) is 11.4 Å². The maximum Gasteiger partial charge on any atom is 0.193 e. The molecule has 1 heterocycles. The van der Waals surface area contributed by atoms with Crippen LogP contribution in [0.4, 0.5) is 5.82 Å². The number of hydrogen-bond acceptors (Lipinski definition) is 5. The van der Waals surface area contributed by atoms with Crippen molar-refractivity contribution in [2.75, 3.05) is 12.8 Å². The maximum atomic E-state index is 5.66. The Morgan fingerprint density at radius 1 is 1.57 bits per heavy atom. The Bertz CT molecular complexity index is 306. The summed E-state index contributed by atoms with van der Waals surface area (Å²) in [6.07, 6.45) is 2.54. The number of anilines is 1. The molecule has 5 heteroatoms. The third kappa shape index (κ3) is 2.51. The Morgan fingerprint density at radius 2 is 2.29 bits per heavy atom. The lowest BCUT2D eigenvalue weighted by Crippen LogP contribution is -2.01. The predicted molar refractivity (Wildman–Crippen MR) is 58.6 cm³/mol. The van der Waals surface area contributed by atoms with Crippen LogP contribution in [0.5, 0.6) is 5.75 Å². The number of ether oxygens (including phenoxy) is 1. The van der Waals surface area contributed by atoms with Crippen molar-refractivity contribution < 1.29 is 4.74 Å². The molecule has 0 bridgehead atoms. The molecule has 4 nitrogen and oxygen atoms in total. The molecule has 1 aromatic heterocycles. The molecule has 78 valence electrons. The van der Waals surface area contributed by atoms with E-state index in [1.165, 1.54) is 6.33 Å². The van der Waals surface area contributed by atoms with Gasteiger partial charge in [-0.1, -0.05) is 25.6 Å². The Hall–Kier alpha value is -0.970. The fourth-order valence-electron chi connectivity index (χ4n) is 0.920. The summed E-state index contributed by atoms with van der Waals surface area (Å²) in [6.45, 7) is 4.27. The molecular weight excluding hydrogens is 198 g/mol. The smallest absolute Gasteiger partial charge is 0.193 e. The van der Waals surface area contributed by atoms with Gasteiger partial charge in [0.2, 0.25) is 0 Å². The van der Waals surface area contributed by atoms with Gasteiger partial charge in [-0.25, -0.2) is 9.97 Å². The van der Waals surface area contributed by atoms with Gasteiger partial charge in [0, 0.05) is 5.25 Å². The van der Waals surface area contributed by atoms with Crippen LogP contribution in [0.25, 0.3) is 0 Å². The number of methoxy groups -OCH3 is 1. The molecule has 0 saturated carbocycles. The molecule has 1 rings (SSSR count). The highest BCUT2D eigenvalue weighted by Crippen LogP contribution is 2.33. The quantitative estimate of drug-likeness (QED) is 0.612. The summed E-state index contributed by atoms with van der Waals surface area (Å²) in [6, 6.07) is 0. The van der Waals surface area contributed by atoms with E-state index in [1.54, 1.807) is 18.9 Å². The van der Waals surface area contributed by atoms with Crippen molar-refractivity contribution in [2.24, 2.45) is 0 Å². The van der Waals surface area contributed by atoms with E-state index in [2.05, 4.69) is 23.8 Å². The lowest BCUT2D eigenvalue weighted by Gasteiger charge is -2.11. The van der Waals surface area contributed by atoms with Crippen LogP contribution >= 0.6 is 11.8 Å². The Kier molecular flexibility index (Phi) is 4.00. The highest BCUT2D eigenvalue weighted by molar-refractivity contribution is 7.99. The van der Waals surface area contributed by atoms with E-state index in [0.29, 0.717) is 16.8 Å². The first-order chi connectivity index (χ1) is 6.69. The average molecular weight is 213 g/mol. The number of aromatic nitrogens is 2.